The number of morpholine rings is 1. The molecular weight excluding hydrogens is 345 g/mol. The highest BCUT2D eigenvalue weighted by Crippen LogP contribution is 2.31. The lowest BCUT2D eigenvalue weighted by atomic mass is 10.1. The SMILES string of the molecule is FC(F)(F)c1ccnc(N[C@H]2C[C@H]3CO[C@@H](c4ccccc4)CN3C2)n1. The fourth-order valence-electron chi connectivity index (χ4n) is 3.62. The van der Waals surface area contributed by atoms with Crippen molar-refractivity contribution in [2.45, 2.75) is 30.8 Å². The first-order valence-electron chi connectivity index (χ1n) is 8.56. The van der Waals surface area contributed by atoms with Crippen LogP contribution >= 0.6 is 0 Å². The van der Waals surface area contributed by atoms with Crippen molar-refractivity contribution in [3.63, 3.8) is 0 Å². The van der Waals surface area contributed by atoms with Crippen LogP contribution in [0.1, 0.15) is 23.8 Å². The molecule has 0 bridgehead atoms. The highest BCUT2D eigenvalue weighted by Gasteiger charge is 2.38. The van der Waals surface area contributed by atoms with Crippen molar-refractivity contribution in [3.8, 4) is 0 Å². The Kier molecular flexibility index (Phi) is 4.54. The number of ether oxygens (including phenoxy) is 1. The summed E-state index contributed by atoms with van der Waals surface area (Å²) in [6, 6.07) is 11.2. The summed E-state index contributed by atoms with van der Waals surface area (Å²) >= 11 is 0. The summed E-state index contributed by atoms with van der Waals surface area (Å²) in [6.07, 6.45) is -2.52. The third kappa shape index (κ3) is 3.66. The molecule has 2 saturated heterocycles. The second-order valence-corrected chi connectivity index (χ2v) is 6.68. The highest BCUT2D eigenvalue weighted by molar-refractivity contribution is 5.29. The molecule has 3 atom stereocenters. The number of anilines is 1. The first-order chi connectivity index (χ1) is 12.5. The van der Waals surface area contributed by atoms with E-state index in [1.165, 1.54) is 0 Å². The number of nitrogens with zero attached hydrogens (tertiary/aromatic N) is 3. The Morgan fingerprint density at radius 2 is 1.92 bits per heavy atom. The molecular formula is C18H19F3N4O. The van der Waals surface area contributed by atoms with Crippen molar-refractivity contribution in [1.29, 1.82) is 0 Å². The van der Waals surface area contributed by atoms with E-state index in [1.807, 2.05) is 30.3 Å². The first-order valence-corrected chi connectivity index (χ1v) is 8.56. The van der Waals surface area contributed by atoms with Gasteiger partial charge in [0, 0.05) is 31.4 Å². The predicted octanol–water partition coefficient (Wildman–Crippen LogP) is 3.12. The fraction of sp³-hybridized carbons (Fsp3) is 0.444. The lowest BCUT2D eigenvalue weighted by Gasteiger charge is -2.35. The molecule has 1 aromatic heterocycles. The normalized spacial score (nSPS) is 26.5. The molecule has 1 aromatic carbocycles. The predicted molar refractivity (Wildman–Crippen MR) is 89.6 cm³/mol. The summed E-state index contributed by atoms with van der Waals surface area (Å²) in [5, 5.41) is 3.04. The molecule has 2 aliphatic heterocycles. The number of rotatable bonds is 3. The number of hydrogen-bond donors (Lipinski definition) is 1. The van der Waals surface area contributed by atoms with E-state index >= 15 is 0 Å². The Morgan fingerprint density at radius 3 is 2.69 bits per heavy atom. The summed E-state index contributed by atoms with van der Waals surface area (Å²) in [7, 11) is 0. The molecule has 138 valence electrons. The second-order valence-electron chi connectivity index (χ2n) is 6.68. The van der Waals surface area contributed by atoms with Crippen LogP contribution in [0.3, 0.4) is 0 Å². The van der Waals surface area contributed by atoms with Crippen LogP contribution in [-0.4, -0.2) is 46.6 Å². The van der Waals surface area contributed by atoms with Crippen molar-refractivity contribution in [3.05, 3.63) is 53.9 Å². The average molecular weight is 364 g/mol. The molecule has 0 aliphatic carbocycles. The van der Waals surface area contributed by atoms with Crippen molar-refractivity contribution in [2.24, 2.45) is 0 Å². The maximum Gasteiger partial charge on any atom is 0.433 e. The Morgan fingerprint density at radius 1 is 1.12 bits per heavy atom. The molecule has 2 aliphatic rings. The van der Waals surface area contributed by atoms with Crippen LogP contribution in [0, 0.1) is 0 Å². The highest BCUT2D eigenvalue weighted by atomic mass is 19.4. The minimum absolute atomic E-state index is 0.00149. The largest absolute Gasteiger partial charge is 0.433 e. The van der Waals surface area contributed by atoms with E-state index in [1.54, 1.807) is 0 Å². The number of aromatic nitrogens is 2. The second kappa shape index (κ2) is 6.85. The van der Waals surface area contributed by atoms with Crippen molar-refractivity contribution < 1.29 is 17.9 Å². The van der Waals surface area contributed by atoms with E-state index in [0.717, 1.165) is 37.3 Å². The van der Waals surface area contributed by atoms with E-state index in [0.29, 0.717) is 6.61 Å². The van der Waals surface area contributed by atoms with E-state index in [4.69, 9.17) is 4.74 Å². The van der Waals surface area contributed by atoms with Gasteiger partial charge in [0.1, 0.15) is 5.69 Å². The minimum atomic E-state index is -4.47. The number of nitrogens with one attached hydrogen (secondary N) is 1. The van der Waals surface area contributed by atoms with Gasteiger partial charge in [-0.15, -0.1) is 0 Å². The number of fused-ring (bicyclic) bond motifs is 1. The van der Waals surface area contributed by atoms with Gasteiger partial charge in [-0.2, -0.15) is 13.2 Å². The van der Waals surface area contributed by atoms with Gasteiger partial charge < -0.3 is 10.1 Å². The van der Waals surface area contributed by atoms with Gasteiger partial charge in [-0.1, -0.05) is 30.3 Å². The van der Waals surface area contributed by atoms with Crippen LogP contribution < -0.4 is 5.32 Å². The van der Waals surface area contributed by atoms with Crippen LogP contribution in [0.5, 0.6) is 0 Å². The molecule has 3 heterocycles. The number of benzene rings is 1. The van der Waals surface area contributed by atoms with E-state index in [-0.39, 0.29) is 24.1 Å². The van der Waals surface area contributed by atoms with Gasteiger partial charge in [0.25, 0.3) is 0 Å². The van der Waals surface area contributed by atoms with E-state index in [9.17, 15) is 13.2 Å². The van der Waals surface area contributed by atoms with Crippen LogP contribution in [0.4, 0.5) is 19.1 Å². The van der Waals surface area contributed by atoms with Gasteiger partial charge in [0.2, 0.25) is 5.95 Å². The number of halogens is 3. The molecule has 0 unspecified atom stereocenters. The van der Waals surface area contributed by atoms with Crippen LogP contribution in [0.25, 0.3) is 0 Å². The summed E-state index contributed by atoms with van der Waals surface area (Å²) in [4.78, 5) is 9.84. The lowest BCUT2D eigenvalue weighted by molar-refractivity contribution is -0.141. The van der Waals surface area contributed by atoms with Gasteiger partial charge in [-0.3, -0.25) is 4.90 Å². The van der Waals surface area contributed by atoms with Crippen molar-refractivity contribution in [2.75, 3.05) is 25.0 Å². The van der Waals surface area contributed by atoms with E-state index in [2.05, 4.69) is 20.2 Å². The molecule has 0 radical (unpaired) electrons. The monoisotopic (exact) mass is 364 g/mol. The van der Waals surface area contributed by atoms with Crippen LogP contribution in [-0.2, 0) is 10.9 Å². The molecule has 5 nitrogen and oxygen atoms in total. The molecule has 26 heavy (non-hydrogen) atoms. The topological polar surface area (TPSA) is 50.3 Å². The molecule has 2 aromatic rings. The summed E-state index contributed by atoms with van der Waals surface area (Å²) in [5.74, 6) is 0.0187. The van der Waals surface area contributed by atoms with Gasteiger partial charge in [-0.25, -0.2) is 9.97 Å². The van der Waals surface area contributed by atoms with Crippen LogP contribution in [0.15, 0.2) is 42.6 Å². The molecule has 8 heteroatoms. The molecule has 0 amide bonds. The van der Waals surface area contributed by atoms with Gasteiger partial charge in [0.05, 0.1) is 12.7 Å². The van der Waals surface area contributed by atoms with Gasteiger partial charge in [0.15, 0.2) is 0 Å². The Labute approximate surface area is 149 Å². The third-order valence-electron chi connectivity index (χ3n) is 4.87. The van der Waals surface area contributed by atoms with Crippen LogP contribution in [0.2, 0.25) is 0 Å². The first kappa shape index (κ1) is 17.2. The Hall–Kier alpha value is -2.19. The van der Waals surface area contributed by atoms with E-state index < -0.39 is 11.9 Å². The Balaban J connectivity index is 1.40. The molecule has 0 spiro atoms. The number of alkyl halides is 3. The number of hydrogen-bond acceptors (Lipinski definition) is 5. The summed E-state index contributed by atoms with van der Waals surface area (Å²) in [5.41, 5.74) is 0.210. The maximum atomic E-state index is 12.8. The van der Waals surface area contributed by atoms with Crippen molar-refractivity contribution in [1.82, 2.24) is 14.9 Å². The maximum absolute atomic E-state index is 12.8. The molecule has 1 N–H and O–H groups in total. The zero-order valence-corrected chi connectivity index (χ0v) is 14.0. The zero-order chi connectivity index (χ0) is 18.1. The third-order valence-corrected chi connectivity index (χ3v) is 4.87. The molecule has 2 fully saturated rings. The molecule has 4 rings (SSSR count). The molecule has 0 saturated carbocycles. The lowest BCUT2D eigenvalue weighted by Crippen LogP contribution is -2.42. The van der Waals surface area contributed by atoms with Gasteiger partial charge >= 0.3 is 6.18 Å². The minimum Gasteiger partial charge on any atom is -0.371 e. The summed E-state index contributed by atoms with van der Waals surface area (Å²) in [6.45, 7) is 2.12. The van der Waals surface area contributed by atoms with Crippen molar-refractivity contribution >= 4 is 5.95 Å². The smallest absolute Gasteiger partial charge is 0.371 e. The quantitative estimate of drug-likeness (QED) is 0.907. The fourth-order valence-corrected chi connectivity index (χ4v) is 3.62. The standard InChI is InChI=1S/C18H19F3N4O/c19-18(20,21)16-6-7-22-17(24-16)23-13-8-14-11-26-15(10-25(14)9-13)12-4-2-1-3-5-12/h1-7,13-15H,8-11H2,(H,22,23,24)/t13-,14-,15+/m0/s1. The average Bonchev–Trinajstić information content (AvgIpc) is 3.03. The zero-order valence-electron chi connectivity index (χ0n) is 14.0. The summed E-state index contributed by atoms with van der Waals surface area (Å²) < 4.78 is 44.3. The van der Waals surface area contributed by atoms with Gasteiger partial charge in [-0.05, 0) is 18.1 Å². The Bertz CT molecular complexity index is 756.